The fraction of sp³-hybridized carbons (Fsp3) is 0.316. The van der Waals surface area contributed by atoms with E-state index in [0.717, 1.165) is 47.0 Å². The Bertz CT molecular complexity index is 953. The molecule has 1 saturated carbocycles. The molecule has 7 heteroatoms. The van der Waals surface area contributed by atoms with Crippen molar-refractivity contribution < 1.29 is 9.18 Å². The maximum Gasteiger partial charge on any atom is 0.251 e. The number of pyridine rings is 1. The van der Waals surface area contributed by atoms with Crippen LogP contribution in [0.15, 0.2) is 36.5 Å². The normalized spacial score (nSPS) is 20.2. The van der Waals surface area contributed by atoms with Crippen LogP contribution in [0, 0.1) is 5.95 Å². The van der Waals surface area contributed by atoms with E-state index in [4.69, 9.17) is 16.6 Å². The number of hydrogen-bond donors (Lipinski definition) is 1. The number of hydrogen-bond acceptors (Lipinski definition) is 4. The Morgan fingerprint density at radius 2 is 2.00 bits per heavy atom. The van der Waals surface area contributed by atoms with Gasteiger partial charge in [-0.25, -0.2) is 9.97 Å². The number of benzene rings is 1. The van der Waals surface area contributed by atoms with Crippen molar-refractivity contribution in [3.05, 3.63) is 58.1 Å². The number of fused-ring (bicyclic) bond motifs is 1. The number of nitrogens with one attached hydrogen (secondary N) is 1. The second-order valence-corrected chi connectivity index (χ2v) is 8.05. The summed E-state index contributed by atoms with van der Waals surface area (Å²) in [5.74, 6) is -0.473. The predicted molar refractivity (Wildman–Crippen MR) is 101 cm³/mol. The molecule has 1 fully saturated rings. The molecule has 2 aromatic heterocycles. The molecule has 3 aromatic rings. The standard InChI is InChI=1S/C19H17ClFN3OS/c20-13-3-6-16-15(10-13)24-19(26-16)11-1-4-14(5-2-11)23-18(25)12-7-8-22-17(21)9-12/h3,6-11,14H,1-2,4-5H2,(H,23,25). The van der Waals surface area contributed by atoms with E-state index in [1.54, 1.807) is 11.3 Å². The Morgan fingerprint density at radius 3 is 2.77 bits per heavy atom. The Balaban J connectivity index is 1.38. The van der Waals surface area contributed by atoms with Crippen molar-refractivity contribution in [2.75, 3.05) is 0 Å². The van der Waals surface area contributed by atoms with Gasteiger partial charge in [-0.3, -0.25) is 4.79 Å². The lowest BCUT2D eigenvalue weighted by atomic mass is 9.86. The van der Waals surface area contributed by atoms with Gasteiger partial charge in [0.1, 0.15) is 0 Å². The van der Waals surface area contributed by atoms with E-state index in [9.17, 15) is 9.18 Å². The van der Waals surface area contributed by atoms with E-state index in [2.05, 4.69) is 10.3 Å². The molecule has 4 rings (SSSR count). The Labute approximate surface area is 159 Å². The number of nitrogens with zero attached hydrogens (tertiary/aromatic N) is 2. The van der Waals surface area contributed by atoms with Gasteiger partial charge in [-0.2, -0.15) is 4.39 Å². The summed E-state index contributed by atoms with van der Waals surface area (Å²) < 4.78 is 14.3. The van der Waals surface area contributed by atoms with Gasteiger partial charge in [0.15, 0.2) is 0 Å². The van der Waals surface area contributed by atoms with Crippen LogP contribution in [-0.4, -0.2) is 21.9 Å². The summed E-state index contributed by atoms with van der Waals surface area (Å²) in [4.78, 5) is 20.5. The van der Waals surface area contributed by atoms with Crippen molar-refractivity contribution in [3.63, 3.8) is 0 Å². The third-order valence-corrected chi connectivity index (χ3v) is 6.20. The zero-order valence-electron chi connectivity index (χ0n) is 13.9. The molecule has 134 valence electrons. The lowest BCUT2D eigenvalue weighted by Crippen LogP contribution is -2.37. The molecule has 0 spiro atoms. The van der Waals surface area contributed by atoms with Gasteiger partial charge < -0.3 is 5.32 Å². The van der Waals surface area contributed by atoms with Gasteiger partial charge in [0.05, 0.1) is 15.2 Å². The number of halogens is 2. The first-order chi connectivity index (χ1) is 12.6. The van der Waals surface area contributed by atoms with Crippen molar-refractivity contribution in [3.8, 4) is 0 Å². The molecule has 1 amide bonds. The molecule has 0 unspecified atom stereocenters. The number of aromatic nitrogens is 2. The van der Waals surface area contributed by atoms with Crippen LogP contribution >= 0.6 is 22.9 Å². The summed E-state index contributed by atoms with van der Waals surface area (Å²) in [6, 6.07) is 8.59. The van der Waals surface area contributed by atoms with E-state index in [1.165, 1.54) is 12.3 Å². The van der Waals surface area contributed by atoms with Crippen LogP contribution < -0.4 is 5.32 Å². The summed E-state index contributed by atoms with van der Waals surface area (Å²) in [6.45, 7) is 0. The lowest BCUT2D eigenvalue weighted by Gasteiger charge is -2.28. The summed E-state index contributed by atoms with van der Waals surface area (Å²) in [5.41, 5.74) is 1.26. The van der Waals surface area contributed by atoms with Gasteiger partial charge in [-0.1, -0.05) is 11.6 Å². The number of amides is 1. The maximum atomic E-state index is 13.2. The predicted octanol–water partition coefficient (Wildman–Crippen LogP) is 4.94. The summed E-state index contributed by atoms with van der Waals surface area (Å²) in [6.07, 6.45) is 5.04. The molecule has 1 aliphatic carbocycles. The van der Waals surface area contributed by atoms with E-state index < -0.39 is 5.95 Å². The van der Waals surface area contributed by atoms with Crippen LogP contribution in [0.2, 0.25) is 5.02 Å². The zero-order chi connectivity index (χ0) is 18.1. The topological polar surface area (TPSA) is 54.9 Å². The molecular weight excluding hydrogens is 373 g/mol. The van der Waals surface area contributed by atoms with E-state index in [-0.39, 0.29) is 11.9 Å². The summed E-state index contributed by atoms with van der Waals surface area (Å²) in [7, 11) is 0. The fourth-order valence-corrected chi connectivity index (χ4v) is 4.67. The third kappa shape index (κ3) is 3.71. The van der Waals surface area contributed by atoms with E-state index >= 15 is 0 Å². The average Bonchev–Trinajstić information content (AvgIpc) is 3.05. The first kappa shape index (κ1) is 17.4. The van der Waals surface area contributed by atoms with Crippen molar-refractivity contribution in [1.29, 1.82) is 0 Å². The lowest BCUT2D eigenvalue weighted by molar-refractivity contribution is 0.0925. The molecule has 4 nitrogen and oxygen atoms in total. The number of carbonyl (C=O) groups excluding carboxylic acids is 1. The van der Waals surface area contributed by atoms with Gasteiger partial charge in [-0.05, 0) is 49.9 Å². The largest absolute Gasteiger partial charge is 0.349 e. The minimum absolute atomic E-state index is 0.110. The van der Waals surface area contributed by atoms with Crippen molar-refractivity contribution in [1.82, 2.24) is 15.3 Å². The van der Waals surface area contributed by atoms with Gasteiger partial charge in [0.2, 0.25) is 5.95 Å². The minimum atomic E-state index is -0.641. The molecule has 0 bridgehead atoms. The quantitative estimate of drug-likeness (QED) is 0.645. The number of rotatable bonds is 3. The summed E-state index contributed by atoms with van der Waals surface area (Å²) >= 11 is 7.76. The van der Waals surface area contributed by atoms with Gasteiger partial charge in [0, 0.05) is 34.8 Å². The number of thiazole rings is 1. The Hall–Kier alpha value is -2.05. The van der Waals surface area contributed by atoms with E-state index in [1.807, 2.05) is 18.2 Å². The Kier molecular flexibility index (Phi) is 4.87. The fourth-order valence-electron chi connectivity index (χ4n) is 3.39. The van der Waals surface area contributed by atoms with Crippen LogP contribution in [0.3, 0.4) is 0 Å². The van der Waals surface area contributed by atoms with Crippen LogP contribution in [0.5, 0.6) is 0 Å². The average molecular weight is 390 g/mol. The summed E-state index contributed by atoms with van der Waals surface area (Å²) in [5, 5.41) is 4.84. The van der Waals surface area contributed by atoms with Crippen molar-refractivity contribution in [2.24, 2.45) is 0 Å². The first-order valence-electron chi connectivity index (χ1n) is 8.57. The molecule has 0 saturated heterocycles. The van der Waals surface area contributed by atoms with E-state index in [0.29, 0.717) is 16.5 Å². The minimum Gasteiger partial charge on any atom is -0.349 e. The smallest absolute Gasteiger partial charge is 0.251 e. The van der Waals surface area contributed by atoms with Crippen LogP contribution in [0.1, 0.15) is 47.0 Å². The number of carbonyl (C=O) groups is 1. The van der Waals surface area contributed by atoms with Crippen LogP contribution in [0.4, 0.5) is 4.39 Å². The third-order valence-electron chi connectivity index (χ3n) is 4.77. The maximum absolute atomic E-state index is 13.2. The Morgan fingerprint density at radius 1 is 1.19 bits per heavy atom. The van der Waals surface area contributed by atoms with Crippen LogP contribution in [0.25, 0.3) is 10.2 Å². The molecule has 1 aromatic carbocycles. The van der Waals surface area contributed by atoms with Gasteiger partial charge in [0.25, 0.3) is 5.91 Å². The second kappa shape index (κ2) is 7.29. The SMILES string of the molecule is O=C(NC1CCC(c2nc3cc(Cl)ccc3s2)CC1)c1ccnc(F)c1. The molecule has 2 heterocycles. The highest BCUT2D eigenvalue weighted by atomic mass is 35.5. The van der Waals surface area contributed by atoms with Gasteiger partial charge in [-0.15, -0.1) is 11.3 Å². The molecule has 0 atom stereocenters. The first-order valence-corrected chi connectivity index (χ1v) is 9.76. The zero-order valence-corrected chi connectivity index (χ0v) is 15.5. The molecule has 1 N–H and O–H groups in total. The van der Waals surface area contributed by atoms with Crippen molar-refractivity contribution >= 4 is 39.1 Å². The van der Waals surface area contributed by atoms with Gasteiger partial charge >= 0.3 is 0 Å². The molecule has 26 heavy (non-hydrogen) atoms. The molecule has 1 aliphatic rings. The highest BCUT2D eigenvalue weighted by Crippen LogP contribution is 2.37. The molecule has 0 aliphatic heterocycles. The molecular formula is C19H17ClFN3OS. The van der Waals surface area contributed by atoms with Crippen molar-refractivity contribution in [2.45, 2.75) is 37.6 Å². The highest BCUT2D eigenvalue weighted by Gasteiger charge is 2.26. The second-order valence-electron chi connectivity index (χ2n) is 6.55. The monoisotopic (exact) mass is 389 g/mol. The molecule has 0 radical (unpaired) electrons. The highest BCUT2D eigenvalue weighted by molar-refractivity contribution is 7.18. The van der Waals surface area contributed by atoms with Crippen LogP contribution in [-0.2, 0) is 0 Å².